The van der Waals surface area contributed by atoms with Gasteiger partial charge in [-0.2, -0.15) is 0 Å². The molecule has 0 unspecified atom stereocenters. The van der Waals surface area contributed by atoms with Gasteiger partial charge in [-0.15, -0.1) is 0 Å². The van der Waals surface area contributed by atoms with E-state index in [2.05, 4.69) is 0 Å². The molecule has 0 aromatic rings. The smallest absolute Gasteiger partial charge is 1.00 e. The molecule has 12 heavy (non-hydrogen) atoms. The molecule has 0 spiro atoms. The predicted octanol–water partition coefficient (Wildman–Crippen LogP) is -15.6. The van der Waals surface area contributed by atoms with Crippen molar-refractivity contribution in [2.75, 3.05) is 0 Å². The van der Waals surface area contributed by atoms with Gasteiger partial charge < -0.3 is 71.9 Å². The molecule has 0 saturated heterocycles. The zero-order valence-corrected chi connectivity index (χ0v) is 11.2. The molecular formula is C4H7Cl5CrO2. The average molecular weight is 316 g/mol. The number of carboxylic acids is 1. The monoisotopic (exact) mass is 314 g/mol. The number of rotatable bonds is 1. The van der Waals surface area contributed by atoms with Crippen LogP contribution in [0.4, 0.5) is 0 Å². The van der Waals surface area contributed by atoms with E-state index in [0.29, 0.717) is 0 Å². The van der Waals surface area contributed by atoms with Gasteiger partial charge in [0.1, 0.15) is 0 Å². The third-order valence-electron chi connectivity index (χ3n) is 0.471. The number of carbonyl (C=O) groups excluding carboxylic acids is 1. The standard InChI is InChI=1S/C4H8O2.5ClH.Cr/c1-3(2)4(5)6;;;;;;/h3H,1-2H3,(H,5,6);5*1H;/q;;;;;;+6/p-6. The number of carbonyl (C=O) groups is 1. The maximum absolute atomic E-state index is 9.59. The van der Waals surface area contributed by atoms with Gasteiger partial charge in [-0.25, -0.2) is 0 Å². The molecule has 0 aliphatic heterocycles. The van der Waals surface area contributed by atoms with E-state index in [0.717, 1.165) is 0 Å². The van der Waals surface area contributed by atoms with Crippen LogP contribution in [0, 0.1) is 5.92 Å². The minimum absolute atomic E-state index is 0. The number of hydrogen-bond donors (Lipinski definition) is 0. The summed E-state index contributed by atoms with van der Waals surface area (Å²) in [6.07, 6.45) is 0. The average Bonchev–Trinajstić information content (AvgIpc) is 1.36. The molecule has 0 aromatic heterocycles. The Labute approximate surface area is 114 Å². The predicted molar refractivity (Wildman–Crippen MR) is 19.8 cm³/mol. The first-order chi connectivity index (χ1) is 2.64. The third kappa shape index (κ3) is 42.1. The van der Waals surface area contributed by atoms with Gasteiger partial charge in [-0.05, 0) is 5.92 Å². The number of hydrogen-bond acceptors (Lipinski definition) is 2. The second kappa shape index (κ2) is 29.4. The van der Waals surface area contributed by atoms with E-state index in [4.69, 9.17) is 0 Å². The molecule has 0 atom stereocenters. The van der Waals surface area contributed by atoms with Crippen molar-refractivity contribution in [2.24, 2.45) is 5.92 Å². The normalized spacial score (nSPS) is 4.58. The van der Waals surface area contributed by atoms with Gasteiger partial charge in [0.25, 0.3) is 0 Å². The Morgan fingerprint density at radius 2 is 1.08 bits per heavy atom. The SMILES string of the molecule is CC(C)C(=O)[O-].[Cl-].[Cl-].[Cl-].[Cl-].[Cl-].[Cr+6]. The van der Waals surface area contributed by atoms with Gasteiger partial charge >= 0.3 is 17.4 Å². The Morgan fingerprint density at radius 3 is 1.08 bits per heavy atom. The fourth-order valence-electron chi connectivity index (χ4n) is 0. The van der Waals surface area contributed by atoms with Crippen LogP contribution in [0.15, 0.2) is 0 Å². The van der Waals surface area contributed by atoms with Gasteiger partial charge in [-0.1, -0.05) is 13.8 Å². The zero-order chi connectivity index (χ0) is 5.15. The maximum Gasteiger partial charge on any atom is 6.00 e. The van der Waals surface area contributed by atoms with Crippen LogP contribution in [0.2, 0.25) is 0 Å². The quantitative estimate of drug-likeness (QED) is 0.482. The van der Waals surface area contributed by atoms with Gasteiger partial charge in [0.05, 0.1) is 0 Å². The zero-order valence-electron chi connectivity index (χ0n) is 6.19. The minimum Gasteiger partial charge on any atom is -1.00 e. The van der Waals surface area contributed by atoms with E-state index in [9.17, 15) is 9.90 Å². The summed E-state index contributed by atoms with van der Waals surface area (Å²) in [4.78, 5) is 9.59. The van der Waals surface area contributed by atoms with E-state index in [-0.39, 0.29) is 85.3 Å². The summed E-state index contributed by atoms with van der Waals surface area (Å²) in [7, 11) is 0. The first-order valence-corrected chi connectivity index (χ1v) is 1.85. The van der Waals surface area contributed by atoms with Crippen molar-refractivity contribution in [2.45, 2.75) is 13.8 Å². The molecule has 0 aromatic carbocycles. The first-order valence-electron chi connectivity index (χ1n) is 1.85. The molecule has 0 aliphatic rings. The minimum atomic E-state index is -0.991. The molecule has 0 aliphatic carbocycles. The first kappa shape index (κ1) is 50.1. The topological polar surface area (TPSA) is 40.1 Å². The van der Waals surface area contributed by atoms with Crippen molar-refractivity contribution in [1.29, 1.82) is 0 Å². The van der Waals surface area contributed by atoms with Crippen molar-refractivity contribution >= 4 is 5.97 Å². The van der Waals surface area contributed by atoms with E-state index in [1.807, 2.05) is 0 Å². The summed E-state index contributed by atoms with van der Waals surface area (Å²) in [5.41, 5.74) is 0. The molecule has 0 heterocycles. The van der Waals surface area contributed by atoms with E-state index in [1.165, 1.54) is 0 Å². The van der Waals surface area contributed by atoms with Crippen LogP contribution < -0.4 is 67.1 Å². The summed E-state index contributed by atoms with van der Waals surface area (Å²) < 4.78 is 0. The number of halogens is 5. The van der Waals surface area contributed by atoms with Crippen LogP contribution in [0.25, 0.3) is 0 Å². The summed E-state index contributed by atoms with van der Waals surface area (Å²) in [6, 6.07) is 0. The molecule has 8 heteroatoms. The Hall–Kier alpha value is 1.45. The van der Waals surface area contributed by atoms with E-state index in [1.54, 1.807) is 13.8 Å². The van der Waals surface area contributed by atoms with E-state index < -0.39 is 5.97 Å². The van der Waals surface area contributed by atoms with Crippen LogP contribution in [0.5, 0.6) is 0 Å². The van der Waals surface area contributed by atoms with Gasteiger partial charge in [0, 0.05) is 5.97 Å². The van der Waals surface area contributed by atoms with Gasteiger partial charge in [0.2, 0.25) is 0 Å². The van der Waals surface area contributed by atoms with Crippen molar-refractivity contribution in [3.63, 3.8) is 0 Å². The van der Waals surface area contributed by atoms with Crippen molar-refractivity contribution in [3.8, 4) is 0 Å². The molecule has 0 N–H and O–H groups in total. The Morgan fingerprint density at radius 1 is 1.00 bits per heavy atom. The van der Waals surface area contributed by atoms with Crippen molar-refractivity contribution in [3.05, 3.63) is 0 Å². The molecule has 0 amide bonds. The molecule has 0 rings (SSSR count). The number of carboxylic acid groups (broad SMARTS) is 1. The fourth-order valence-corrected chi connectivity index (χ4v) is 0. The molecular weight excluding hydrogens is 309 g/mol. The summed E-state index contributed by atoms with van der Waals surface area (Å²) in [6.45, 7) is 3.16. The largest absolute Gasteiger partial charge is 6.00 e. The summed E-state index contributed by atoms with van der Waals surface area (Å²) in [5.74, 6) is -1.33. The second-order valence-electron chi connectivity index (χ2n) is 1.47. The second-order valence-corrected chi connectivity index (χ2v) is 1.47. The van der Waals surface area contributed by atoms with Crippen LogP contribution in [-0.2, 0) is 22.2 Å². The maximum atomic E-state index is 9.59. The van der Waals surface area contributed by atoms with E-state index >= 15 is 0 Å². The molecule has 2 nitrogen and oxygen atoms in total. The summed E-state index contributed by atoms with van der Waals surface area (Å²) >= 11 is 0. The third-order valence-corrected chi connectivity index (χ3v) is 0.471. The molecule has 0 fully saturated rings. The van der Waals surface area contributed by atoms with Crippen molar-refractivity contribution in [1.82, 2.24) is 0 Å². The molecule has 0 saturated carbocycles. The van der Waals surface area contributed by atoms with Crippen LogP contribution in [0.3, 0.4) is 0 Å². The van der Waals surface area contributed by atoms with Crippen molar-refractivity contribution < 1.29 is 89.3 Å². The van der Waals surface area contributed by atoms with Crippen LogP contribution in [0.1, 0.15) is 13.8 Å². The summed E-state index contributed by atoms with van der Waals surface area (Å²) in [5, 5.41) is 9.59. The van der Waals surface area contributed by atoms with Crippen LogP contribution >= 0.6 is 0 Å². The molecule has 0 radical (unpaired) electrons. The van der Waals surface area contributed by atoms with Gasteiger partial charge in [-0.3, -0.25) is 0 Å². The molecule has 76 valence electrons. The fraction of sp³-hybridized carbons (Fsp3) is 0.750. The van der Waals surface area contributed by atoms with Gasteiger partial charge in [0.15, 0.2) is 0 Å². The Balaban J connectivity index is -0.00000000833. The number of aliphatic carboxylic acids is 1. The Bertz CT molecular complexity index is 72.5. The molecule has 0 bridgehead atoms. The van der Waals surface area contributed by atoms with Crippen LogP contribution in [-0.4, -0.2) is 5.97 Å². The Kier molecular flexibility index (Phi) is 123.